The standard InChI is InChI=1S/C12H10BrFO/c1-2-3-4-5-12(15)10-8-9(14)6-7-11(10)13/h1,6-8H,3-5H2. The predicted molar refractivity (Wildman–Crippen MR) is 61.1 cm³/mol. The van der Waals surface area contributed by atoms with Crippen molar-refractivity contribution in [3.63, 3.8) is 0 Å². The van der Waals surface area contributed by atoms with Crippen LogP contribution in [0.4, 0.5) is 4.39 Å². The summed E-state index contributed by atoms with van der Waals surface area (Å²) >= 11 is 3.21. The second-order valence-corrected chi connectivity index (χ2v) is 3.96. The number of hydrogen-bond donors (Lipinski definition) is 0. The summed E-state index contributed by atoms with van der Waals surface area (Å²) in [6, 6.07) is 4.08. The predicted octanol–water partition coefficient (Wildman–Crippen LogP) is 3.57. The molecule has 0 saturated heterocycles. The van der Waals surface area contributed by atoms with E-state index < -0.39 is 5.82 Å². The number of carbonyl (C=O) groups is 1. The molecule has 0 fully saturated rings. The molecule has 0 radical (unpaired) electrons. The van der Waals surface area contributed by atoms with E-state index in [4.69, 9.17) is 6.42 Å². The highest BCUT2D eigenvalue weighted by Crippen LogP contribution is 2.20. The van der Waals surface area contributed by atoms with Gasteiger partial charge < -0.3 is 0 Å². The molecule has 0 amide bonds. The fraction of sp³-hybridized carbons (Fsp3) is 0.250. The van der Waals surface area contributed by atoms with Gasteiger partial charge in [-0.05, 0) is 24.6 Å². The largest absolute Gasteiger partial charge is 0.294 e. The third kappa shape index (κ3) is 3.49. The van der Waals surface area contributed by atoms with Crippen LogP contribution in [-0.4, -0.2) is 5.78 Å². The van der Waals surface area contributed by atoms with Crippen LogP contribution in [0.1, 0.15) is 29.6 Å². The summed E-state index contributed by atoms with van der Waals surface area (Å²) in [6.07, 6.45) is 6.64. The molecule has 0 aliphatic rings. The van der Waals surface area contributed by atoms with Crippen LogP contribution in [-0.2, 0) is 0 Å². The van der Waals surface area contributed by atoms with Gasteiger partial charge in [0.25, 0.3) is 0 Å². The lowest BCUT2D eigenvalue weighted by Crippen LogP contribution is -2.00. The molecule has 0 spiro atoms. The quantitative estimate of drug-likeness (QED) is 0.464. The second kappa shape index (κ2) is 5.67. The molecule has 78 valence electrons. The average Bonchev–Trinajstić information content (AvgIpc) is 2.22. The van der Waals surface area contributed by atoms with E-state index in [0.717, 1.165) is 0 Å². The molecule has 1 aromatic rings. The zero-order valence-electron chi connectivity index (χ0n) is 8.09. The van der Waals surface area contributed by atoms with E-state index in [-0.39, 0.29) is 5.78 Å². The molecule has 0 saturated carbocycles. The van der Waals surface area contributed by atoms with Crippen molar-refractivity contribution in [2.24, 2.45) is 0 Å². The molecule has 1 rings (SSSR count). The van der Waals surface area contributed by atoms with Crippen molar-refractivity contribution < 1.29 is 9.18 Å². The van der Waals surface area contributed by atoms with Crippen LogP contribution in [0.2, 0.25) is 0 Å². The highest BCUT2D eigenvalue weighted by Gasteiger charge is 2.10. The molecule has 15 heavy (non-hydrogen) atoms. The van der Waals surface area contributed by atoms with E-state index in [0.29, 0.717) is 29.3 Å². The number of Topliss-reactive ketones (excluding diaryl/α,β-unsaturated/α-hetero) is 1. The van der Waals surface area contributed by atoms with Crippen LogP contribution in [0.3, 0.4) is 0 Å². The molecule has 0 atom stereocenters. The Labute approximate surface area is 96.8 Å². The molecule has 1 aromatic carbocycles. The monoisotopic (exact) mass is 268 g/mol. The van der Waals surface area contributed by atoms with Gasteiger partial charge in [0.2, 0.25) is 0 Å². The Morgan fingerprint density at radius 1 is 1.53 bits per heavy atom. The zero-order chi connectivity index (χ0) is 11.3. The van der Waals surface area contributed by atoms with Gasteiger partial charge in [0.05, 0.1) is 0 Å². The average molecular weight is 269 g/mol. The lowest BCUT2D eigenvalue weighted by molar-refractivity contribution is 0.0979. The van der Waals surface area contributed by atoms with Crippen molar-refractivity contribution in [2.75, 3.05) is 0 Å². The first-order valence-corrected chi connectivity index (χ1v) is 5.36. The fourth-order valence-corrected chi connectivity index (χ4v) is 1.66. The molecule has 0 bridgehead atoms. The van der Waals surface area contributed by atoms with Crippen LogP contribution in [0.25, 0.3) is 0 Å². The first kappa shape index (κ1) is 11.9. The third-order valence-corrected chi connectivity index (χ3v) is 2.65. The van der Waals surface area contributed by atoms with Gasteiger partial charge in [-0.1, -0.05) is 15.9 Å². The van der Waals surface area contributed by atoms with Crippen molar-refractivity contribution in [2.45, 2.75) is 19.3 Å². The van der Waals surface area contributed by atoms with Gasteiger partial charge in [-0.3, -0.25) is 4.79 Å². The van der Waals surface area contributed by atoms with Crippen molar-refractivity contribution in [1.82, 2.24) is 0 Å². The number of carbonyl (C=O) groups excluding carboxylic acids is 1. The minimum absolute atomic E-state index is 0.0865. The van der Waals surface area contributed by atoms with Crippen LogP contribution in [0.5, 0.6) is 0 Å². The maximum absolute atomic E-state index is 12.9. The number of terminal acetylenes is 1. The van der Waals surface area contributed by atoms with Crippen LogP contribution < -0.4 is 0 Å². The highest BCUT2D eigenvalue weighted by atomic mass is 79.9. The molecular formula is C12H10BrFO. The van der Waals surface area contributed by atoms with Gasteiger partial charge in [-0.25, -0.2) is 4.39 Å². The van der Waals surface area contributed by atoms with E-state index in [2.05, 4.69) is 21.9 Å². The minimum atomic E-state index is -0.404. The van der Waals surface area contributed by atoms with Crippen molar-refractivity contribution in [3.8, 4) is 12.3 Å². The van der Waals surface area contributed by atoms with Gasteiger partial charge in [-0.2, -0.15) is 0 Å². The summed E-state index contributed by atoms with van der Waals surface area (Å²) in [4.78, 5) is 11.6. The molecule has 0 aliphatic heterocycles. The van der Waals surface area contributed by atoms with Gasteiger partial charge in [0.1, 0.15) is 5.82 Å². The summed E-state index contributed by atoms with van der Waals surface area (Å²) < 4.78 is 13.5. The summed E-state index contributed by atoms with van der Waals surface area (Å²) in [5.74, 6) is 1.97. The van der Waals surface area contributed by atoms with Crippen molar-refractivity contribution in [1.29, 1.82) is 0 Å². The molecular weight excluding hydrogens is 259 g/mol. The Bertz CT molecular complexity index is 407. The molecule has 0 unspecified atom stereocenters. The van der Waals surface area contributed by atoms with Crippen LogP contribution in [0, 0.1) is 18.2 Å². The minimum Gasteiger partial charge on any atom is -0.294 e. The first-order valence-electron chi connectivity index (χ1n) is 4.57. The summed E-state index contributed by atoms with van der Waals surface area (Å²) in [5.41, 5.74) is 0.382. The molecule has 0 heterocycles. The summed E-state index contributed by atoms with van der Waals surface area (Å²) in [6.45, 7) is 0. The third-order valence-electron chi connectivity index (χ3n) is 1.95. The molecule has 0 aromatic heterocycles. The molecule has 1 nitrogen and oxygen atoms in total. The maximum Gasteiger partial charge on any atom is 0.164 e. The Balaban J connectivity index is 2.73. The second-order valence-electron chi connectivity index (χ2n) is 3.11. The van der Waals surface area contributed by atoms with E-state index in [1.165, 1.54) is 18.2 Å². The van der Waals surface area contributed by atoms with Gasteiger partial charge in [0, 0.05) is 22.9 Å². The van der Waals surface area contributed by atoms with E-state index in [1.54, 1.807) is 0 Å². The number of rotatable bonds is 4. The zero-order valence-corrected chi connectivity index (χ0v) is 9.68. The molecule has 0 N–H and O–H groups in total. The van der Waals surface area contributed by atoms with E-state index >= 15 is 0 Å². The van der Waals surface area contributed by atoms with Gasteiger partial charge in [-0.15, -0.1) is 12.3 Å². The lowest BCUT2D eigenvalue weighted by atomic mass is 10.1. The maximum atomic E-state index is 12.9. The summed E-state index contributed by atoms with van der Waals surface area (Å²) in [7, 11) is 0. The van der Waals surface area contributed by atoms with E-state index in [9.17, 15) is 9.18 Å². The van der Waals surface area contributed by atoms with Crippen LogP contribution in [0.15, 0.2) is 22.7 Å². The number of benzene rings is 1. The summed E-state index contributed by atoms with van der Waals surface area (Å²) in [5, 5.41) is 0. The number of unbranched alkanes of at least 4 members (excludes halogenated alkanes) is 1. The first-order chi connectivity index (χ1) is 7.15. The smallest absolute Gasteiger partial charge is 0.164 e. The topological polar surface area (TPSA) is 17.1 Å². The highest BCUT2D eigenvalue weighted by molar-refractivity contribution is 9.10. The van der Waals surface area contributed by atoms with Gasteiger partial charge in [0.15, 0.2) is 5.78 Å². The Morgan fingerprint density at radius 3 is 2.93 bits per heavy atom. The van der Waals surface area contributed by atoms with Crippen LogP contribution >= 0.6 is 15.9 Å². The number of ketones is 1. The molecule has 0 aliphatic carbocycles. The normalized spacial score (nSPS) is 9.67. The SMILES string of the molecule is C#CCCCC(=O)c1cc(F)ccc1Br. The Hall–Kier alpha value is -1.14. The van der Waals surface area contributed by atoms with E-state index in [1.807, 2.05) is 0 Å². The van der Waals surface area contributed by atoms with Gasteiger partial charge >= 0.3 is 0 Å². The number of halogens is 2. The Kier molecular flexibility index (Phi) is 4.51. The Morgan fingerprint density at radius 2 is 2.27 bits per heavy atom. The van der Waals surface area contributed by atoms with Crippen molar-refractivity contribution in [3.05, 3.63) is 34.1 Å². The van der Waals surface area contributed by atoms with Crippen molar-refractivity contribution >= 4 is 21.7 Å². The molecule has 3 heteroatoms. The fourth-order valence-electron chi connectivity index (χ4n) is 1.20. The number of hydrogen-bond acceptors (Lipinski definition) is 1. The lowest BCUT2D eigenvalue weighted by Gasteiger charge is -2.02.